The van der Waals surface area contributed by atoms with Crippen LogP contribution in [0.1, 0.15) is 63.0 Å². The predicted molar refractivity (Wildman–Crippen MR) is 124 cm³/mol. The Hall–Kier alpha value is -2.20. The van der Waals surface area contributed by atoms with E-state index in [1.807, 2.05) is 24.4 Å². The molecule has 3 aliphatic heterocycles. The first-order chi connectivity index (χ1) is 15.2. The van der Waals surface area contributed by atoms with Crippen molar-refractivity contribution in [3.8, 4) is 0 Å². The normalized spacial score (nSPS) is 29.2. The van der Waals surface area contributed by atoms with Crippen LogP contribution in [-0.4, -0.2) is 35.0 Å². The Bertz CT molecular complexity index is 930. The van der Waals surface area contributed by atoms with Crippen molar-refractivity contribution >= 4 is 16.9 Å². The van der Waals surface area contributed by atoms with E-state index in [0.717, 1.165) is 42.4 Å². The third-order valence-electron chi connectivity index (χ3n) is 7.98. The summed E-state index contributed by atoms with van der Waals surface area (Å²) in [6, 6.07) is 10.5. The highest BCUT2D eigenvalue weighted by Gasteiger charge is 2.44. The number of benzene rings is 1. The molecule has 4 nitrogen and oxygen atoms in total. The number of para-hydroxylation sites is 1. The average Bonchev–Trinajstić information content (AvgIpc) is 3.35. The number of fused-ring (bicyclic) bond motifs is 4. The Labute approximate surface area is 185 Å². The summed E-state index contributed by atoms with van der Waals surface area (Å²) < 4.78 is 6.33. The van der Waals surface area contributed by atoms with Crippen LogP contribution in [0.3, 0.4) is 0 Å². The van der Waals surface area contributed by atoms with Gasteiger partial charge in [0, 0.05) is 30.1 Å². The van der Waals surface area contributed by atoms with Gasteiger partial charge in [0.25, 0.3) is 0 Å². The number of piperidine rings is 3. The van der Waals surface area contributed by atoms with Gasteiger partial charge in [0.2, 0.25) is 0 Å². The maximum absolute atomic E-state index is 13.0. The van der Waals surface area contributed by atoms with Crippen molar-refractivity contribution in [2.24, 2.45) is 17.8 Å². The van der Waals surface area contributed by atoms with Crippen LogP contribution < -0.4 is 0 Å². The maximum Gasteiger partial charge on any atom is 0.306 e. The first-order valence-electron chi connectivity index (χ1n) is 12.1. The molecule has 164 valence electrons. The predicted octanol–water partition coefficient (Wildman–Crippen LogP) is 5.69. The second-order valence-corrected chi connectivity index (χ2v) is 9.76. The lowest BCUT2D eigenvalue weighted by atomic mass is 9.73. The van der Waals surface area contributed by atoms with E-state index in [2.05, 4.69) is 34.7 Å². The molecule has 5 atom stereocenters. The summed E-state index contributed by atoms with van der Waals surface area (Å²) in [5.41, 5.74) is 2.07. The summed E-state index contributed by atoms with van der Waals surface area (Å²) in [6.45, 7) is 6.17. The van der Waals surface area contributed by atoms with Gasteiger partial charge in [0.05, 0.1) is 11.6 Å². The SMILES string of the molecule is C=CC1CN2CCC1CC2[C@H](OC(=O)CCC1CCCC1)c1ccnc2ccccc12. The zero-order valence-electron chi connectivity index (χ0n) is 18.4. The van der Waals surface area contributed by atoms with Gasteiger partial charge in [-0.05, 0) is 55.7 Å². The summed E-state index contributed by atoms with van der Waals surface area (Å²) >= 11 is 0. The first kappa shape index (κ1) is 20.7. The summed E-state index contributed by atoms with van der Waals surface area (Å²) in [7, 11) is 0. The van der Waals surface area contributed by atoms with Crippen molar-refractivity contribution in [2.75, 3.05) is 13.1 Å². The molecule has 6 rings (SSSR count). The number of rotatable bonds is 7. The second-order valence-electron chi connectivity index (χ2n) is 9.76. The van der Waals surface area contributed by atoms with Crippen LogP contribution in [0.15, 0.2) is 49.2 Å². The largest absolute Gasteiger partial charge is 0.456 e. The quantitative estimate of drug-likeness (QED) is 0.428. The van der Waals surface area contributed by atoms with Crippen molar-refractivity contribution in [2.45, 2.75) is 63.5 Å². The van der Waals surface area contributed by atoms with Crippen LogP contribution in [0.25, 0.3) is 10.9 Å². The molecule has 3 saturated heterocycles. The Morgan fingerprint density at radius 1 is 1.23 bits per heavy atom. The minimum atomic E-state index is -0.238. The molecule has 0 radical (unpaired) electrons. The van der Waals surface area contributed by atoms with E-state index >= 15 is 0 Å². The molecule has 2 bridgehead atoms. The minimum absolute atomic E-state index is 0.0410. The molecule has 1 aromatic heterocycles. The van der Waals surface area contributed by atoms with Gasteiger partial charge in [0.1, 0.15) is 6.10 Å². The smallest absolute Gasteiger partial charge is 0.306 e. The highest BCUT2D eigenvalue weighted by atomic mass is 16.5. The monoisotopic (exact) mass is 418 g/mol. The maximum atomic E-state index is 13.0. The van der Waals surface area contributed by atoms with Crippen molar-refractivity contribution in [3.05, 3.63) is 54.7 Å². The highest BCUT2D eigenvalue weighted by Crippen LogP contribution is 2.43. The Kier molecular flexibility index (Phi) is 6.08. The lowest BCUT2D eigenvalue weighted by Gasteiger charge is -2.51. The van der Waals surface area contributed by atoms with Crippen molar-refractivity contribution in [1.82, 2.24) is 9.88 Å². The van der Waals surface area contributed by atoms with Gasteiger partial charge >= 0.3 is 5.97 Å². The topological polar surface area (TPSA) is 42.4 Å². The number of hydrogen-bond acceptors (Lipinski definition) is 4. The molecule has 0 N–H and O–H groups in total. The molecule has 4 unspecified atom stereocenters. The number of hydrogen-bond donors (Lipinski definition) is 0. The average molecular weight is 419 g/mol. The molecule has 1 aromatic carbocycles. The van der Waals surface area contributed by atoms with Crippen LogP contribution in [0.5, 0.6) is 0 Å². The van der Waals surface area contributed by atoms with E-state index in [4.69, 9.17) is 4.74 Å². The molecular formula is C27H34N2O2. The summed E-state index contributed by atoms with van der Waals surface area (Å²) in [4.78, 5) is 20.1. The number of carbonyl (C=O) groups is 1. The lowest BCUT2D eigenvalue weighted by molar-refractivity contribution is -0.157. The molecular weight excluding hydrogens is 384 g/mol. The van der Waals surface area contributed by atoms with Gasteiger partial charge in [-0.15, -0.1) is 6.58 Å². The number of nitrogens with zero attached hydrogens (tertiary/aromatic N) is 2. The van der Waals surface area contributed by atoms with E-state index in [0.29, 0.717) is 24.2 Å². The van der Waals surface area contributed by atoms with Crippen molar-refractivity contribution in [1.29, 1.82) is 0 Å². The molecule has 0 spiro atoms. The van der Waals surface area contributed by atoms with Gasteiger partial charge in [-0.2, -0.15) is 0 Å². The van der Waals surface area contributed by atoms with E-state index in [1.54, 1.807) is 0 Å². The van der Waals surface area contributed by atoms with E-state index in [-0.39, 0.29) is 18.1 Å². The zero-order valence-corrected chi connectivity index (χ0v) is 18.4. The molecule has 4 heteroatoms. The van der Waals surface area contributed by atoms with E-state index in [1.165, 1.54) is 32.1 Å². The number of ether oxygens (including phenoxy) is 1. The van der Waals surface area contributed by atoms with Gasteiger partial charge < -0.3 is 4.74 Å². The lowest BCUT2D eigenvalue weighted by Crippen LogP contribution is -2.55. The van der Waals surface area contributed by atoms with Gasteiger partial charge in [-0.3, -0.25) is 14.7 Å². The number of aromatic nitrogens is 1. The highest BCUT2D eigenvalue weighted by molar-refractivity contribution is 5.82. The van der Waals surface area contributed by atoms with Crippen LogP contribution in [-0.2, 0) is 9.53 Å². The van der Waals surface area contributed by atoms with Crippen molar-refractivity contribution < 1.29 is 9.53 Å². The first-order valence-corrected chi connectivity index (χ1v) is 12.1. The second kappa shape index (κ2) is 9.12. The summed E-state index contributed by atoms with van der Waals surface area (Å²) in [6.07, 6.45) is 12.7. The van der Waals surface area contributed by atoms with Crippen molar-refractivity contribution in [3.63, 3.8) is 0 Å². The Morgan fingerprint density at radius 2 is 2.06 bits per heavy atom. The van der Waals surface area contributed by atoms with E-state index in [9.17, 15) is 4.79 Å². The van der Waals surface area contributed by atoms with Crippen LogP contribution in [0.2, 0.25) is 0 Å². The summed E-state index contributed by atoms with van der Waals surface area (Å²) in [5.74, 6) is 1.86. The fraction of sp³-hybridized carbons (Fsp3) is 0.556. The van der Waals surface area contributed by atoms with E-state index < -0.39 is 0 Å². The van der Waals surface area contributed by atoms with Crippen LogP contribution in [0.4, 0.5) is 0 Å². The standard InChI is InChI=1S/C27H34N2O2/c1-2-20-18-29-16-14-21(20)17-25(29)27(31-26(30)12-11-19-7-3-4-8-19)23-13-15-28-24-10-6-5-9-22(23)24/h2,5-6,9-10,13,15,19-21,25,27H,1,3-4,7-8,11-12,14,16-18H2/t20?,21?,25?,27-/m1/s1. The van der Waals surface area contributed by atoms with Gasteiger partial charge in [0.15, 0.2) is 0 Å². The molecule has 2 aromatic rings. The molecule has 1 aliphatic carbocycles. The molecule has 31 heavy (non-hydrogen) atoms. The van der Waals surface area contributed by atoms with Gasteiger partial charge in [-0.1, -0.05) is 50.0 Å². The van der Waals surface area contributed by atoms with Crippen LogP contribution >= 0.6 is 0 Å². The molecule has 4 fully saturated rings. The number of carbonyl (C=O) groups excluding carboxylic acids is 1. The van der Waals surface area contributed by atoms with Crippen LogP contribution in [0, 0.1) is 17.8 Å². The minimum Gasteiger partial charge on any atom is -0.456 e. The molecule has 4 heterocycles. The number of pyridine rings is 1. The third-order valence-corrected chi connectivity index (χ3v) is 7.98. The number of esters is 1. The van der Waals surface area contributed by atoms with Gasteiger partial charge in [-0.25, -0.2) is 0 Å². The fourth-order valence-corrected chi connectivity index (χ4v) is 6.23. The molecule has 1 saturated carbocycles. The zero-order chi connectivity index (χ0) is 21.2. The molecule has 4 aliphatic rings. The summed E-state index contributed by atoms with van der Waals surface area (Å²) in [5, 5.41) is 1.10. The fourth-order valence-electron chi connectivity index (χ4n) is 6.23. The Balaban J connectivity index is 1.41. The molecule has 0 amide bonds. The third kappa shape index (κ3) is 4.27. The Morgan fingerprint density at radius 3 is 2.84 bits per heavy atom.